The summed E-state index contributed by atoms with van der Waals surface area (Å²) in [5.74, 6) is -0.638. The van der Waals surface area contributed by atoms with Gasteiger partial charge in [0.05, 0.1) is 7.11 Å². The molecule has 3 nitrogen and oxygen atoms in total. The molecule has 0 aliphatic carbocycles. The average Bonchev–Trinajstić information content (AvgIpc) is 2.29. The van der Waals surface area contributed by atoms with E-state index in [0.29, 0.717) is 5.56 Å². The van der Waals surface area contributed by atoms with Crippen LogP contribution in [0, 0.1) is 0 Å². The molecule has 0 saturated heterocycles. The Morgan fingerprint density at radius 1 is 1.47 bits per heavy atom. The van der Waals surface area contributed by atoms with Gasteiger partial charge in [0.1, 0.15) is 0 Å². The first-order valence-corrected chi connectivity index (χ1v) is 5.66. The topological polar surface area (TPSA) is 46.5 Å². The Labute approximate surface area is 98.2 Å². The number of ether oxygens (including phenoxy) is 1. The molecular weight excluding hydrogens is 260 g/mol. The van der Waals surface area contributed by atoms with E-state index in [9.17, 15) is 9.90 Å². The number of hydrogen-bond donors (Lipinski definition) is 1. The highest BCUT2D eigenvalue weighted by Gasteiger charge is 2.16. The van der Waals surface area contributed by atoms with E-state index in [1.165, 1.54) is 7.11 Å². The number of alkyl halides is 1. The van der Waals surface area contributed by atoms with Crippen molar-refractivity contribution in [3.8, 4) is 0 Å². The Morgan fingerprint density at radius 3 is 2.33 bits per heavy atom. The summed E-state index contributed by atoms with van der Waals surface area (Å²) < 4.78 is 4.38. The summed E-state index contributed by atoms with van der Waals surface area (Å²) in [5.41, 5.74) is 0.546. The summed E-state index contributed by atoms with van der Waals surface area (Å²) in [6, 6.07) is 8.65. The Balaban J connectivity index is 0.000000583. The van der Waals surface area contributed by atoms with Crippen molar-refractivity contribution in [3.63, 3.8) is 0 Å². The zero-order valence-electron chi connectivity index (χ0n) is 8.81. The summed E-state index contributed by atoms with van der Waals surface area (Å²) in [4.78, 5) is 10.8. The summed E-state index contributed by atoms with van der Waals surface area (Å²) in [6.07, 6.45) is -1.17. The molecule has 0 saturated carbocycles. The maximum atomic E-state index is 10.8. The zero-order chi connectivity index (χ0) is 11.7. The van der Waals surface area contributed by atoms with E-state index in [1.807, 2.05) is 13.0 Å². The van der Waals surface area contributed by atoms with Crippen LogP contribution in [0.1, 0.15) is 18.6 Å². The van der Waals surface area contributed by atoms with Gasteiger partial charge >= 0.3 is 5.97 Å². The third-order valence-electron chi connectivity index (χ3n) is 1.54. The molecule has 0 aliphatic heterocycles. The second kappa shape index (κ2) is 8.44. The van der Waals surface area contributed by atoms with Gasteiger partial charge in [-0.15, -0.1) is 0 Å². The van der Waals surface area contributed by atoms with Gasteiger partial charge in [0.15, 0.2) is 6.10 Å². The highest BCUT2D eigenvalue weighted by atomic mass is 79.9. The molecule has 15 heavy (non-hydrogen) atoms. The summed E-state index contributed by atoms with van der Waals surface area (Å²) in [6.45, 7) is 2.04. The second-order valence-electron chi connectivity index (χ2n) is 2.60. The number of aliphatic hydroxyl groups is 1. The first-order chi connectivity index (χ1) is 7.17. The van der Waals surface area contributed by atoms with E-state index in [2.05, 4.69) is 20.7 Å². The molecule has 0 aromatic heterocycles. The van der Waals surface area contributed by atoms with Gasteiger partial charge < -0.3 is 9.84 Å². The van der Waals surface area contributed by atoms with E-state index in [1.54, 1.807) is 24.3 Å². The average molecular weight is 275 g/mol. The van der Waals surface area contributed by atoms with Gasteiger partial charge in [-0.05, 0) is 5.56 Å². The lowest BCUT2D eigenvalue weighted by atomic mass is 10.1. The molecule has 0 heterocycles. The fourth-order valence-corrected chi connectivity index (χ4v) is 0.883. The van der Waals surface area contributed by atoms with Gasteiger partial charge in [0.25, 0.3) is 0 Å². The molecule has 0 aliphatic rings. The maximum absolute atomic E-state index is 10.8. The minimum absolute atomic E-state index is 0.546. The monoisotopic (exact) mass is 274 g/mol. The van der Waals surface area contributed by atoms with E-state index < -0.39 is 12.1 Å². The van der Waals surface area contributed by atoms with Gasteiger partial charge in [-0.25, -0.2) is 4.79 Å². The van der Waals surface area contributed by atoms with Crippen LogP contribution in [0.4, 0.5) is 0 Å². The normalized spacial score (nSPS) is 10.9. The molecule has 84 valence electrons. The van der Waals surface area contributed by atoms with Crippen molar-refractivity contribution in [1.82, 2.24) is 0 Å². The third kappa shape index (κ3) is 5.54. The fraction of sp³-hybridized carbons (Fsp3) is 0.364. The van der Waals surface area contributed by atoms with Gasteiger partial charge in [-0.1, -0.05) is 53.2 Å². The number of benzene rings is 1. The molecule has 0 bridgehead atoms. The Kier molecular flexibility index (Phi) is 7.95. The van der Waals surface area contributed by atoms with Crippen LogP contribution in [0.3, 0.4) is 0 Å². The first kappa shape index (κ1) is 14.1. The van der Waals surface area contributed by atoms with E-state index in [-0.39, 0.29) is 0 Å². The molecular formula is C11H15BrO3. The van der Waals surface area contributed by atoms with E-state index in [0.717, 1.165) is 5.33 Å². The van der Waals surface area contributed by atoms with Crippen molar-refractivity contribution in [2.75, 3.05) is 12.4 Å². The second-order valence-corrected chi connectivity index (χ2v) is 3.73. The number of esters is 1. The fourth-order valence-electron chi connectivity index (χ4n) is 0.883. The molecule has 0 radical (unpaired) electrons. The molecule has 0 fully saturated rings. The Hall–Kier alpha value is -0.870. The largest absolute Gasteiger partial charge is 0.467 e. The van der Waals surface area contributed by atoms with Gasteiger partial charge in [-0.3, -0.25) is 0 Å². The number of rotatable bonds is 2. The van der Waals surface area contributed by atoms with Gasteiger partial charge in [0.2, 0.25) is 0 Å². The smallest absolute Gasteiger partial charge is 0.339 e. The van der Waals surface area contributed by atoms with Crippen molar-refractivity contribution in [1.29, 1.82) is 0 Å². The van der Waals surface area contributed by atoms with Crippen LogP contribution < -0.4 is 0 Å². The molecule has 0 amide bonds. The van der Waals surface area contributed by atoms with Crippen molar-refractivity contribution in [3.05, 3.63) is 35.9 Å². The minimum atomic E-state index is -1.17. The predicted molar refractivity (Wildman–Crippen MR) is 62.9 cm³/mol. The van der Waals surface area contributed by atoms with Crippen LogP contribution in [-0.4, -0.2) is 23.5 Å². The maximum Gasteiger partial charge on any atom is 0.339 e. The lowest BCUT2D eigenvalue weighted by Crippen LogP contribution is -2.13. The van der Waals surface area contributed by atoms with E-state index >= 15 is 0 Å². The lowest BCUT2D eigenvalue weighted by Gasteiger charge is -2.07. The van der Waals surface area contributed by atoms with Crippen LogP contribution in [0.5, 0.6) is 0 Å². The summed E-state index contributed by atoms with van der Waals surface area (Å²) >= 11 is 3.15. The van der Waals surface area contributed by atoms with Crippen molar-refractivity contribution in [2.45, 2.75) is 13.0 Å². The summed E-state index contributed by atoms with van der Waals surface area (Å²) in [5, 5.41) is 10.4. The number of halogens is 1. The highest BCUT2D eigenvalue weighted by molar-refractivity contribution is 9.09. The molecule has 1 unspecified atom stereocenters. The highest BCUT2D eigenvalue weighted by Crippen LogP contribution is 2.12. The van der Waals surface area contributed by atoms with Crippen molar-refractivity contribution < 1.29 is 14.6 Å². The lowest BCUT2D eigenvalue weighted by molar-refractivity contribution is -0.150. The zero-order valence-corrected chi connectivity index (χ0v) is 10.4. The Morgan fingerprint density at radius 2 is 1.93 bits per heavy atom. The molecule has 4 heteroatoms. The number of methoxy groups -OCH3 is 1. The van der Waals surface area contributed by atoms with Crippen LogP contribution in [0.25, 0.3) is 0 Å². The molecule has 0 spiro atoms. The quantitative estimate of drug-likeness (QED) is 0.665. The third-order valence-corrected chi connectivity index (χ3v) is 1.54. The van der Waals surface area contributed by atoms with E-state index in [4.69, 9.17) is 0 Å². The molecule has 1 aromatic carbocycles. The number of carbonyl (C=O) groups is 1. The first-order valence-electron chi connectivity index (χ1n) is 4.54. The minimum Gasteiger partial charge on any atom is -0.467 e. The predicted octanol–water partition coefficient (Wildman–Crippen LogP) is 2.29. The van der Waals surface area contributed by atoms with Crippen LogP contribution in [0.2, 0.25) is 0 Å². The van der Waals surface area contributed by atoms with Crippen LogP contribution in [-0.2, 0) is 9.53 Å². The van der Waals surface area contributed by atoms with Gasteiger partial charge in [-0.2, -0.15) is 0 Å². The van der Waals surface area contributed by atoms with Gasteiger partial charge in [0, 0.05) is 5.33 Å². The molecule has 1 aromatic rings. The summed E-state index contributed by atoms with van der Waals surface area (Å²) in [7, 11) is 1.24. The number of carbonyl (C=O) groups excluding carboxylic acids is 1. The SMILES string of the molecule is CCBr.COC(=O)C(O)c1ccccc1. The molecule has 1 atom stereocenters. The standard InChI is InChI=1S/C9H10O3.C2H5Br/c1-12-9(11)8(10)7-5-3-2-4-6-7;1-2-3/h2-6,8,10H,1H3;2H2,1H3. The molecule has 1 N–H and O–H groups in total. The van der Waals surface area contributed by atoms with Crippen LogP contribution in [0.15, 0.2) is 30.3 Å². The van der Waals surface area contributed by atoms with Crippen molar-refractivity contribution in [2.24, 2.45) is 0 Å². The molecule has 1 rings (SSSR count). The number of aliphatic hydroxyl groups excluding tert-OH is 1. The number of hydrogen-bond acceptors (Lipinski definition) is 3. The van der Waals surface area contributed by atoms with Crippen LogP contribution >= 0.6 is 15.9 Å². The van der Waals surface area contributed by atoms with Crippen molar-refractivity contribution >= 4 is 21.9 Å². The Bertz CT molecular complexity index is 274.